The van der Waals surface area contributed by atoms with E-state index in [1.165, 1.54) is 54.4 Å². The Labute approximate surface area is 160 Å². The highest BCUT2D eigenvalue weighted by Crippen LogP contribution is 2.29. The van der Waals surface area contributed by atoms with Crippen LogP contribution in [0.5, 0.6) is 0 Å². The number of aryl methyl sites for hydroxylation is 3. The molecule has 2 atom stereocenters. The van der Waals surface area contributed by atoms with Gasteiger partial charge in [0.25, 0.3) is 0 Å². The Kier molecular flexibility index (Phi) is 8.09. The largest absolute Gasteiger partial charge is 0.256 e. The van der Waals surface area contributed by atoms with Gasteiger partial charge in [0.15, 0.2) is 0 Å². The van der Waals surface area contributed by atoms with Gasteiger partial charge in [0.1, 0.15) is 0 Å². The van der Waals surface area contributed by atoms with Crippen LogP contribution in [0.2, 0.25) is 0 Å². The maximum Gasteiger partial charge on any atom is 0.0731 e. The zero-order valence-electron chi connectivity index (χ0n) is 17.1. The van der Waals surface area contributed by atoms with Gasteiger partial charge in [-0.2, -0.15) is 0 Å². The lowest BCUT2D eigenvalue weighted by Crippen LogP contribution is -2.14. The molecule has 0 N–H and O–H groups in total. The van der Waals surface area contributed by atoms with E-state index >= 15 is 0 Å². The Hall–Kier alpha value is -1.89. The minimum absolute atomic E-state index is 0.783. The first-order chi connectivity index (χ1) is 12.6. The molecule has 0 amide bonds. The van der Waals surface area contributed by atoms with Gasteiger partial charge in [-0.1, -0.05) is 69.5 Å². The summed E-state index contributed by atoms with van der Waals surface area (Å²) in [6.07, 6.45) is 11.5. The number of pyridine rings is 1. The van der Waals surface area contributed by atoms with Gasteiger partial charge in [-0.05, 0) is 61.6 Å². The minimum atomic E-state index is 0.783. The molecule has 2 aromatic rings. The lowest BCUT2D eigenvalue weighted by molar-refractivity contribution is 0.285. The highest BCUT2D eigenvalue weighted by Gasteiger charge is 2.18. The molecule has 1 nitrogen and oxygen atoms in total. The summed E-state index contributed by atoms with van der Waals surface area (Å²) < 4.78 is 0. The van der Waals surface area contributed by atoms with E-state index in [1.807, 2.05) is 6.20 Å². The molecule has 0 aliphatic heterocycles. The number of benzene rings is 1. The van der Waals surface area contributed by atoms with Gasteiger partial charge in [-0.3, -0.25) is 4.98 Å². The second kappa shape index (κ2) is 10.3. The molecule has 0 bridgehead atoms. The summed E-state index contributed by atoms with van der Waals surface area (Å²) in [4.78, 5) is 4.62. The summed E-state index contributed by atoms with van der Waals surface area (Å²) in [5.74, 6) is 1.59. The number of aromatic nitrogens is 1. The van der Waals surface area contributed by atoms with Crippen molar-refractivity contribution in [1.29, 1.82) is 0 Å². The van der Waals surface area contributed by atoms with E-state index in [4.69, 9.17) is 0 Å². The van der Waals surface area contributed by atoms with Crippen LogP contribution in [-0.4, -0.2) is 4.98 Å². The van der Waals surface area contributed by atoms with Gasteiger partial charge in [-0.15, -0.1) is 6.58 Å². The second-order valence-electron chi connectivity index (χ2n) is 7.66. The summed E-state index contributed by atoms with van der Waals surface area (Å²) in [6.45, 7) is 12.8. The molecule has 140 valence electrons. The molecule has 0 saturated heterocycles. The molecule has 0 saturated carbocycles. The van der Waals surface area contributed by atoms with Crippen LogP contribution in [0, 0.1) is 25.7 Å². The zero-order valence-corrected chi connectivity index (χ0v) is 17.1. The van der Waals surface area contributed by atoms with Crippen molar-refractivity contribution < 1.29 is 0 Å². The van der Waals surface area contributed by atoms with Crippen molar-refractivity contribution in [2.24, 2.45) is 11.8 Å². The number of hydrogen-bond donors (Lipinski definition) is 0. The molecule has 1 heterocycles. The van der Waals surface area contributed by atoms with E-state index < -0.39 is 0 Å². The minimum Gasteiger partial charge on any atom is -0.256 e. The third-order valence-electron chi connectivity index (χ3n) is 5.57. The third-order valence-corrected chi connectivity index (χ3v) is 5.57. The van der Waals surface area contributed by atoms with Gasteiger partial charge in [0.2, 0.25) is 0 Å². The zero-order chi connectivity index (χ0) is 18.9. The quantitative estimate of drug-likeness (QED) is 0.409. The second-order valence-corrected chi connectivity index (χ2v) is 7.66. The van der Waals surface area contributed by atoms with E-state index in [9.17, 15) is 0 Å². The van der Waals surface area contributed by atoms with E-state index in [-0.39, 0.29) is 0 Å². The predicted octanol–water partition coefficient (Wildman–Crippen LogP) is 7.32. The number of allylic oxidation sites excluding steroid dienone is 1. The van der Waals surface area contributed by atoms with E-state index in [2.05, 4.69) is 75.7 Å². The molecule has 0 fully saturated rings. The van der Waals surface area contributed by atoms with Crippen LogP contribution >= 0.6 is 0 Å². The van der Waals surface area contributed by atoms with Crippen LogP contribution in [0.15, 0.2) is 49.2 Å². The smallest absolute Gasteiger partial charge is 0.0731 e. The highest BCUT2D eigenvalue weighted by atomic mass is 14.7. The molecule has 2 unspecified atom stereocenters. The van der Waals surface area contributed by atoms with Crippen LogP contribution in [0.4, 0.5) is 0 Å². The summed E-state index contributed by atoms with van der Waals surface area (Å²) in [6, 6.07) is 11.2. The molecule has 0 aliphatic rings. The van der Waals surface area contributed by atoms with E-state index in [0.717, 1.165) is 24.0 Å². The fourth-order valence-corrected chi connectivity index (χ4v) is 4.09. The van der Waals surface area contributed by atoms with Crippen LogP contribution in [-0.2, 0) is 6.42 Å². The van der Waals surface area contributed by atoms with Crippen LogP contribution in [0.3, 0.4) is 0 Å². The first-order valence-electron chi connectivity index (χ1n) is 10.2. The first-order valence-corrected chi connectivity index (χ1v) is 10.2. The average Bonchev–Trinajstić information content (AvgIpc) is 2.64. The van der Waals surface area contributed by atoms with Crippen molar-refractivity contribution in [1.82, 2.24) is 4.98 Å². The molecular formula is C25H35N. The fourth-order valence-electron chi connectivity index (χ4n) is 4.09. The Morgan fingerprint density at radius 2 is 1.77 bits per heavy atom. The number of hydrogen-bond acceptors (Lipinski definition) is 1. The maximum absolute atomic E-state index is 4.62. The van der Waals surface area contributed by atoms with E-state index in [0.29, 0.717) is 0 Å². The monoisotopic (exact) mass is 349 g/mol. The van der Waals surface area contributed by atoms with Crippen molar-refractivity contribution in [2.45, 2.75) is 66.2 Å². The van der Waals surface area contributed by atoms with Crippen LogP contribution < -0.4 is 0 Å². The van der Waals surface area contributed by atoms with Crippen molar-refractivity contribution in [3.05, 3.63) is 65.9 Å². The Morgan fingerprint density at radius 1 is 1.04 bits per heavy atom. The highest BCUT2D eigenvalue weighted by molar-refractivity contribution is 5.63. The summed E-state index contributed by atoms with van der Waals surface area (Å²) in [5, 5.41) is 0. The summed E-state index contributed by atoms with van der Waals surface area (Å²) in [5.41, 5.74) is 6.22. The summed E-state index contributed by atoms with van der Waals surface area (Å²) in [7, 11) is 0. The van der Waals surface area contributed by atoms with Crippen molar-refractivity contribution >= 4 is 0 Å². The molecule has 0 radical (unpaired) electrons. The predicted molar refractivity (Wildman–Crippen MR) is 114 cm³/mol. The third kappa shape index (κ3) is 5.56. The van der Waals surface area contributed by atoms with Gasteiger partial charge >= 0.3 is 0 Å². The molecule has 1 aromatic carbocycles. The van der Waals surface area contributed by atoms with Crippen molar-refractivity contribution in [3.8, 4) is 11.3 Å². The molecule has 1 heteroatoms. The average molecular weight is 350 g/mol. The van der Waals surface area contributed by atoms with Crippen LogP contribution in [0.1, 0.15) is 62.6 Å². The Balaban J connectivity index is 2.04. The lowest BCUT2D eigenvalue weighted by atomic mass is 9.80. The molecule has 0 aliphatic carbocycles. The Bertz CT molecular complexity index is 684. The number of nitrogens with zero attached hydrogens (tertiary/aromatic N) is 1. The summed E-state index contributed by atoms with van der Waals surface area (Å²) >= 11 is 0. The molecule has 26 heavy (non-hydrogen) atoms. The van der Waals surface area contributed by atoms with Gasteiger partial charge in [0.05, 0.1) is 5.69 Å². The van der Waals surface area contributed by atoms with Gasteiger partial charge < -0.3 is 0 Å². The van der Waals surface area contributed by atoms with Crippen LogP contribution in [0.25, 0.3) is 11.3 Å². The lowest BCUT2D eigenvalue weighted by Gasteiger charge is -2.25. The molecule has 1 aromatic heterocycles. The number of rotatable bonds is 10. The van der Waals surface area contributed by atoms with Crippen molar-refractivity contribution in [2.75, 3.05) is 0 Å². The Morgan fingerprint density at radius 3 is 2.35 bits per heavy atom. The molecule has 0 spiro atoms. The fraction of sp³-hybridized carbons (Fsp3) is 0.480. The standard InChI is InChI=1S/C25H35N/c1-6-9-22(8-3)23(10-7-2)14-11-21-12-15-24(16-13-21)25-20(5)17-19(4)18-26-25/h6,12-13,15-18,22-23H,1,7-11,14H2,2-5H3. The SMILES string of the molecule is C=CCC(CC)C(CCC)CCc1ccc(-c2ncc(C)cc2C)cc1. The topological polar surface area (TPSA) is 12.9 Å². The van der Waals surface area contributed by atoms with Crippen molar-refractivity contribution in [3.63, 3.8) is 0 Å². The van der Waals surface area contributed by atoms with Gasteiger partial charge in [-0.25, -0.2) is 0 Å². The van der Waals surface area contributed by atoms with E-state index in [1.54, 1.807) is 0 Å². The maximum atomic E-state index is 4.62. The molecule has 2 rings (SSSR count). The normalized spacial score (nSPS) is 13.4. The van der Waals surface area contributed by atoms with Gasteiger partial charge in [0, 0.05) is 11.8 Å². The molecular weight excluding hydrogens is 314 g/mol. The first kappa shape index (κ1) is 20.4.